The second-order valence-electron chi connectivity index (χ2n) is 13.2. The summed E-state index contributed by atoms with van der Waals surface area (Å²) in [4.78, 5) is 23.2. The number of amides is 1. The predicted molar refractivity (Wildman–Crippen MR) is 162 cm³/mol. The molecular formula is C31H51N5O4S. The Morgan fingerprint density at radius 2 is 1.54 bits per heavy atom. The largest absolute Gasteiger partial charge is 0.497 e. The van der Waals surface area contributed by atoms with Crippen molar-refractivity contribution in [2.24, 2.45) is 5.41 Å². The number of rotatable bonds is 8. The molecule has 0 radical (unpaired) electrons. The van der Waals surface area contributed by atoms with Crippen molar-refractivity contribution in [3.8, 4) is 5.75 Å². The predicted octanol–water partition coefficient (Wildman–Crippen LogP) is 2.81. The van der Waals surface area contributed by atoms with Gasteiger partial charge >= 0.3 is 0 Å². The topological polar surface area (TPSA) is 76.6 Å². The molecule has 4 fully saturated rings. The molecule has 5 rings (SSSR count). The molecule has 41 heavy (non-hydrogen) atoms. The van der Waals surface area contributed by atoms with Crippen molar-refractivity contribution in [2.75, 3.05) is 80.1 Å². The molecule has 0 aromatic heterocycles. The van der Waals surface area contributed by atoms with Crippen LogP contribution in [-0.4, -0.2) is 130 Å². The minimum atomic E-state index is -3.70. The van der Waals surface area contributed by atoms with Gasteiger partial charge in [0.1, 0.15) is 5.75 Å². The summed E-state index contributed by atoms with van der Waals surface area (Å²) in [6, 6.07) is 4.60. The van der Waals surface area contributed by atoms with Crippen molar-refractivity contribution in [1.82, 2.24) is 23.9 Å². The maximum absolute atomic E-state index is 13.3. The third-order valence-electron chi connectivity index (χ3n) is 10.5. The molecule has 0 bridgehead atoms. The molecule has 4 aliphatic rings. The number of likely N-dealkylation sites (tertiary alicyclic amines) is 4. The number of aryl methyl sites for hydroxylation is 2. The van der Waals surface area contributed by atoms with E-state index in [4.69, 9.17) is 4.74 Å². The van der Waals surface area contributed by atoms with Gasteiger partial charge in [0, 0.05) is 51.7 Å². The normalized spacial score (nSPS) is 25.0. The summed E-state index contributed by atoms with van der Waals surface area (Å²) in [6.07, 6.45) is 7.74. The minimum absolute atomic E-state index is 0.0485. The molecule has 1 aromatic carbocycles. The lowest BCUT2D eigenvalue weighted by atomic mass is 9.77. The molecule has 0 N–H and O–H groups in total. The number of benzene rings is 1. The summed E-state index contributed by atoms with van der Waals surface area (Å²) in [6.45, 7) is 12.5. The van der Waals surface area contributed by atoms with Gasteiger partial charge in [-0.05, 0) is 121 Å². The fourth-order valence-corrected chi connectivity index (χ4v) is 9.51. The Labute approximate surface area is 247 Å². The molecule has 4 aliphatic heterocycles. The van der Waals surface area contributed by atoms with Crippen molar-refractivity contribution < 1.29 is 17.9 Å². The van der Waals surface area contributed by atoms with Crippen LogP contribution in [0.3, 0.4) is 0 Å². The zero-order chi connectivity index (χ0) is 29.4. The lowest BCUT2D eigenvalue weighted by Crippen LogP contribution is -2.52. The highest BCUT2D eigenvalue weighted by atomic mass is 32.2. The number of hydrogen-bond donors (Lipinski definition) is 0. The first-order chi connectivity index (χ1) is 19.5. The first kappa shape index (κ1) is 30.7. The van der Waals surface area contributed by atoms with Gasteiger partial charge in [0.15, 0.2) is 0 Å². The first-order valence-corrected chi connectivity index (χ1v) is 17.0. The van der Waals surface area contributed by atoms with Crippen molar-refractivity contribution in [3.05, 3.63) is 23.3 Å². The highest BCUT2D eigenvalue weighted by Crippen LogP contribution is 2.41. The maximum Gasteiger partial charge on any atom is 0.243 e. The number of nitrogens with zero attached hydrogens (tertiary/aromatic N) is 5. The van der Waals surface area contributed by atoms with Gasteiger partial charge in [-0.1, -0.05) is 0 Å². The number of methoxy groups -OCH3 is 1. The van der Waals surface area contributed by atoms with E-state index < -0.39 is 10.0 Å². The van der Waals surface area contributed by atoms with Gasteiger partial charge in [0.05, 0.1) is 12.0 Å². The summed E-state index contributed by atoms with van der Waals surface area (Å²) in [5, 5.41) is 0. The highest BCUT2D eigenvalue weighted by Gasteiger charge is 2.41. The average Bonchev–Trinajstić information content (AvgIpc) is 3.59. The Hall–Kier alpha value is -1.72. The third-order valence-corrected chi connectivity index (χ3v) is 12.7. The number of piperidine rings is 2. The zero-order valence-corrected chi connectivity index (χ0v) is 26.7. The molecule has 0 saturated carbocycles. The van der Waals surface area contributed by atoms with Gasteiger partial charge < -0.3 is 19.4 Å². The van der Waals surface area contributed by atoms with Crippen molar-refractivity contribution in [2.45, 2.75) is 75.8 Å². The monoisotopic (exact) mass is 589 g/mol. The summed E-state index contributed by atoms with van der Waals surface area (Å²) in [5.41, 5.74) is 1.88. The first-order valence-electron chi connectivity index (χ1n) is 15.6. The van der Waals surface area contributed by atoms with Crippen LogP contribution >= 0.6 is 0 Å². The van der Waals surface area contributed by atoms with E-state index >= 15 is 0 Å². The molecule has 4 saturated heterocycles. The summed E-state index contributed by atoms with van der Waals surface area (Å²) in [7, 11) is 1.70. The van der Waals surface area contributed by atoms with Crippen molar-refractivity contribution in [3.63, 3.8) is 0 Å². The Morgan fingerprint density at radius 3 is 2.12 bits per heavy atom. The maximum atomic E-state index is 13.3. The molecule has 10 heteroatoms. The molecular weight excluding hydrogens is 538 g/mol. The van der Waals surface area contributed by atoms with Crippen LogP contribution in [-0.2, 0) is 14.8 Å². The fraction of sp³-hybridized carbons (Fsp3) is 0.774. The van der Waals surface area contributed by atoms with Gasteiger partial charge in [-0.3, -0.25) is 9.69 Å². The van der Waals surface area contributed by atoms with Crippen LogP contribution in [0.1, 0.15) is 56.1 Å². The second-order valence-corrected chi connectivity index (χ2v) is 15.2. The SMILES string of the molecule is COc1cc(C)c(S(=O)(=O)N(C)CCC(=O)N2CCC(N3CCC(N4CCC5(CCN(C)C5)CC4)CC3)C2)c(C)c1. The van der Waals surface area contributed by atoms with Crippen LogP contribution in [0.2, 0.25) is 0 Å². The molecule has 4 heterocycles. The van der Waals surface area contributed by atoms with E-state index in [2.05, 4.69) is 21.7 Å². The standard InChI is InChI=1S/C31H51N5O4S/c1-24-20-28(40-5)21-25(2)30(24)41(38,39)33(4)13-9-29(37)36-16-8-27(22-36)34-14-6-26(7-15-34)35-18-11-31(12-19-35)10-17-32(3)23-31/h20-21,26-27H,6-19,22-23H2,1-5H3. The minimum Gasteiger partial charge on any atom is -0.497 e. The van der Waals surface area contributed by atoms with Crippen LogP contribution in [0.25, 0.3) is 0 Å². The van der Waals surface area contributed by atoms with E-state index in [1.165, 1.54) is 62.6 Å². The molecule has 1 atom stereocenters. The van der Waals surface area contributed by atoms with Gasteiger partial charge in [-0.2, -0.15) is 0 Å². The lowest BCUT2D eigenvalue weighted by molar-refractivity contribution is -0.130. The third kappa shape index (κ3) is 6.61. The summed E-state index contributed by atoms with van der Waals surface area (Å²) < 4.78 is 33.3. The number of hydrogen-bond acceptors (Lipinski definition) is 7. The van der Waals surface area contributed by atoms with Crippen molar-refractivity contribution >= 4 is 15.9 Å². The van der Waals surface area contributed by atoms with Crippen molar-refractivity contribution in [1.29, 1.82) is 0 Å². The van der Waals surface area contributed by atoms with Crippen LogP contribution in [0.4, 0.5) is 0 Å². The van der Waals surface area contributed by atoms with Gasteiger partial charge in [-0.25, -0.2) is 12.7 Å². The average molecular weight is 590 g/mol. The van der Waals surface area contributed by atoms with Crippen LogP contribution < -0.4 is 4.74 Å². The van der Waals surface area contributed by atoms with E-state index in [9.17, 15) is 13.2 Å². The van der Waals surface area contributed by atoms with Gasteiger partial charge in [0.25, 0.3) is 0 Å². The Morgan fingerprint density at radius 1 is 0.951 bits per heavy atom. The summed E-state index contributed by atoms with van der Waals surface area (Å²) >= 11 is 0. The van der Waals surface area contributed by atoms with Gasteiger partial charge in [-0.15, -0.1) is 0 Å². The van der Waals surface area contributed by atoms with E-state index in [0.717, 1.165) is 32.6 Å². The Balaban J connectivity index is 1.06. The zero-order valence-electron chi connectivity index (χ0n) is 25.9. The Kier molecular flexibility index (Phi) is 9.36. The van der Waals surface area contributed by atoms with E-state index in [1.54, 1.807) is 40.1 Å². The number of carbonyl (C=O) groups is 1. The smallest absolute Gasteiger partial charge is 0.243 e. The van der Waals surface area contributed by atoms with E-state index in [0.29, 0.717) is 39.3 Å². The fourth-order valence-electron chi connectivity index (χ4n) is 7.94. The molecule has 1 amide bonds. The van der Waals surface area contributed by atoms with Crippen LogP contribution in [0, 0.1) is 19.3 Å². The molecule has 0 aliphatic carbocycles. The molecule has 9 nitrogen and oxygen atoms in total. The number of sulfonamides is 1. The summed E-state index contributed by atoms with van der Waals surface area (Å²) in [5.74, 6) is 0.689. The van der Waals surface area contributed by atoms with E-state index in [1.807, 2.05) is 4.90 Å². The Bertz CT molecular complexity index is 1170. The number of carbonyl (C=O) groups excluding carboxylic acids is 1. The lowest BCUT2D eigenvalue weighted by Gasteiger charge is -2.46. The van der Waals surface area contributed by atoms with E-state index in [-0.39, 0.29) is 18.9 Å². The number of ether oxygens (including phenoxy) is 1. The molecule has 1 aromatic rings. The van der Waals surface area contributed by atoms with Crippen LogP contribution in [0.5, 0.6) is 5.75 Å². The molecule has 1 spiro atoms. The van der Waals surface area contributed by atoms with Crippen LogP contribution in [0.15, 0.2) is 17.0 Å². The second kappa shape index (κ2) is 12.5. The van der Waals surface area contributed by atoms with Gasteiger partial charge in [0.2, 0.25) is 15.9 Å². The highest BCUT2D eigenvalue weighted by molar-refractivity contribution is 7.89. The molecule has 1 unspecified atom stereocenters. The quantitative estimate of drug-likeness (QED) is 0.462. The molecule has 230 valence electrons.